The van der Waals surface area contributed by atoms with Crippen molar-refractivity contribution < 1.29 is 31.1 Å². The Bertz CT molecular complexity index is 1410. The molecule has 0 saturated carbocycles. The molecule has 0 saturated heterocycles. The van der Waals surface area contributed by atoms with Gasteiger partial charge in [-0.05, 0) is 47.0 Å². The molecule has 37 heavy (non-hydrogen) atoms. The van der Waals surface area contributed by atoms with E-state index in [0.717, 1.165) is 18.4 Å². The van der Waals surface area contributed by atoms with Crippen LogP contribution in [0.2, 0.25) is 0 Å². The molecule has 1 aliphatic rings. The molecule has 12 heteroatoms. The second-order valence-electron chi connectivity index (χ2n) is 8.19. The minimum atomic E-state index is -4.43. The highest BCUT2D eigenvalue weighted by Gasteiger charge is 2.30. The average molecular weight is 533 g/mol. The molecule has 0 bridgehead atoms. The normalized spacial score (nSPS) is 15.8. The Labute approximate surface area is 211 Å². The third-order valence-electron chi connectivity index (χ3n) is 5.14. The van der Waals surface area contributed by atoms with Gasteiger partial charge in [0.25, 0.3) is 0 Å². The summed E-state index contributed by atoms with van der Waals surface area (Å²) in [5, 5.41) is 3.04. The summed E-state index contributed by atoms with van der Waals surface area (Å²) in [6.45, 7) is 0.0871. The van der Waals surface area contributed by atoms with Crippen LogP contribution in [0.5, 0.6) is 5.75 Å². The number of nitrogens with zero attached hydrogens (tertiary/aromatic N) is 2. The van der Waals surface area contributed by atoms with E-state index in [1.807, 2.05) is 0 Å². The number of halogens is 3. The molecule has 4 rings (SSSR count). The maximum Gasteiger partial charge on any atom is 0.416 e. The summed E-state index contributed by atoms with van der Waals surface area (Å²) in [5.74, 6) is 0.435. The van der Waals surface area contributed by atoms with Gasteiger partial charge < -0.3 is 14.8 Å². The summed E-state index contributed by atoms with van der Waals surface area (Å²) in [6.07, 6.45) is 3.71. The van der Waals surface area contributed by atoms with Crippen LogP contribution in [0.15, 0.2) is 85.2 Å². The monoisotopic (exact) mass is 532 g/mol. The standard InChI is InChI=1S/C25H23F3N4O4S/c1-37(33,34)32-23-10-20(13-31-24(23)36-15-18-11-29-16-30-12-18)19-5-3-7-22(9-19)35-14-17-4-2-6-21(8-17)25(26,27)28/h2-13,16,24,31-32H,14-15H2,1H3. The molecule has 0 spiro atoms. The van der Waals surface area contributed by atoms with Crippen molar-refractivity contribution in [2.75, 3.05) is 6.26 Å². The van der Waals surface area contributed by atoms with Crippen LogP contribution in [0.3, 0.4) is 0 Å². The van der Waals surface area contributed by atoms with Crippen molar-refractivity contribution in [3.8, 4) is 5.75 Å². The lowest BCUT2D eigenvalue weighted by Gasteiger charge is -2.26. The fraction of sp³-hybridized carbons (Fsp3) is 0.200. The van der Waals surface area contributed by atoms with E-state index in [0.29, 0.717) is 28.0 Å². The largest absolute Gasteiger partial charge is 0.489 e. The molecule has 0 radical (unpaired) electrons. The number of hydrogen-bond donors (Lipinski definition) is 2. The lowest BCUT2D eigenvalue weighted by Crippen LogP contribution is -2.40. The summed E-state index contributed by atoms with van der Waals surface area (Å²) in [7, 11) is -3.60. The van der Waals surface area contributed by atoms with E-state index in [-0.39, 0.29) is 18.9 Å². The Morgan fingerprint density at radius 2 is 1.78 bits per heavy atom. The van der Waals surface area contributed by atoms with Gasteiger partial charge in [-0.15, -0.1) is 0 Å². The molecule has 1 aromatic heterocycles. The summed E-state index contributed by atoms with van der Waals surface area (Å²) in [6, 6.07) is 11.9. The zero-order valence-electron chi connectivity index (χ0n) is 19.6. The van der Waals surface area contributed by atoms with Gasteiger partial charge in [0.15, 0.2) is 6.23 Å². The van der Waals surface area contributed by atoms with Gasteiger partial charge in [-0.2, -0.15) is 13.2 Å². The van der Waals surface area contributed by atoms with E-state index in [4.69, 9.17) is 9.47 Å². The van der Waals surface area contributed by atoms with Crippen LogP contribution >= 0.6 is 0 Å². The van der Waals surface area contributed by atoms with Crippen molar-refractivity contribution in [1.29, 1.82) is 0 Å². The topological polar surface area (TPSA) is 102 Å². The molecule has 1 unspecified atom stereocenters. The quantitative estimate of drug-likeness (QED) is 0.430. The highest BCUT2D eigenvalue weighted by molar-refractivity contribution is 7.88. The molecular formula is C25H23F3N4O4S. The molecule has 0 amide bonds. The summed E-state index contributed by atoms with van der Waals surface area (Å²) in [4.78, 5) is 7.85. The minimum absolute atomic E-state index is 0.0551. The SMILES string of the molecule is CS(=O)(=O)NC1=CC(c2cccc(OCc3cccc(C(F)(F)F)c3)c2)=CNC1OCc1cncnc1. The van der Waals surface area contributed by atoms with Crippen molar-refractivity contribution in [1.82, 2.24) is 20.0 Å². The van der Waals surface area contributed by atoms with Crippen molar-refractivity contribution in [2.45, 2.75) is 25.6 Å². The van der Waals surface area contributed by atoms with Crippen LogP contribution in [0.1, 0.15) is 22.3 Å². The zero-order valence-corrected chi connectivity index (χ0v) is 20.4. The van der Waals surface area contributed by atoms with Crippen molar-refractivity contribution >= 4 is 15.6 Å². The number of ether oxygens (including phenoxy) is 2. The van der Waals surface area contributed by atoms with Crippen LogP contribution in [0.4, 0.5) is 13.2 Å². The van der Waals surface area contributed by atoms with Gasteiger partial charge in [0.2, 0.25) is 10.0 Å². The first-order valence-electron chi connectivity index (χ1n) is 11.0. The Hall–Kier alpha value is -3.90. The fourth-order valence-corrected chi connectivity index (χ4v) is 4.09. The van der Waals surface area contributed by atoms with Gasteiger partial charge in [0.1, 0.15) is 18.7 Å². The number of allylic oxidation sites excluding steroid dienone is 2. The fourth-order valence-electron chi connectivity index (χ4n) is 3.50. The minimum Gasteiger partial charge on any atom is -0.489 e. The van der Waals surface area contributed by atoms with Crippen LogP contribution < -0.4 is 14.8 Å². The van der Waals surface area contributed by atoms with Crippen LogP contribution in [0, 0.1) is 0 Å². The summed E-state index contributed by atoms with van der Waals surface area (Å²) in [5.41, 5.74) is 1.95. The Kier molecular flexibility index (Phi) is 7.79. The maximum atomic E-state index is 13.0. The number of dihydropyridines is 1. The van der Waals surface area contributed by atoms with Gasteiger partial charge in [0.05, 0.1) is 24.1 Å². The number of hydrogen-bond acceptors (Lipinski definition) is 7. The van der Waals surface area contributed by atoms with E-state index in [1.54, 1.807) is 55.0 Å². The molecule has 2 N–H and O–H groups in total. The first-order valence-corrected chi connectivity index (χ1v) is 12.9. The molecule has 1 atom stereocenters. The number of rotatable bonds is 9. The van der Waals surface area contributed by atoms with E-state index in [1.165, 1.54) is 12.4 Å². The lowest BCUT2D eigenvalue weighted by atomic mass is 10.0. The van der Waals surface area contributed by atoms with Gasteiger partial charge in [0, 0.05) is 24.2 Å². The van der Waals surface area contributed by atoms with Gasteiger partial charge in [-0.25, -0.2) is 18.4 Å². The van der Waals surface area contributed by atoms with E-state index in [9.17, 15) is 21.6 Å². The smallest absolute Gasteiger partial charge is 0.416 e. The second-order valence-corrected chi connectivity index (χ2v) is 9.94. The molecule has 1 aliphatic heterocycles. The summed E-state index contributed by atoms with van der Waals surface area (Å²) < 4.78 is 76.8. The average Bonchev–Trinajstić information content (AvgIpc) is 2.86. The number of aromatic nitrogens is 2. The van der Waals surface area contributed by atoms with Crippen LogP contribution in [-0.2, 0) is 34.2 Å². The maximum absolute atomic E-state index is 13.0. The molecule has 2 heterocycles. The highest BCUT2D eigenvalue weighted by atomic mass is 32.2. The number of sulfonamides is 1. The molecule has 8 nitrogen and oxygen atoms in total. The molecule has 194 valence electrons. The van der Waals surface area contributed by atoms with E-state index >= 15 is 0 Å². The molecular weight excluding hydrogens is 509 g/mol. The van der Waals surface area contributed by atoms with Gasteiger partial charge in [-0.3, -0.25) is 4.72 Å². The van der Waals surface area contributed by atoms with Gasteiger partial charge >= 0.3 is 6.18 Å². The number of alkyl halides is 3. The number of nitrogens with one attached hydrogen (secondary N) is 2. The number of benzene rings is 2. The van der Waals surface area contributed by atoms with Crippen LogP contribution in [-0.4, -0.2) is 30.9 Å². The Balaban J connectivity index is 1.48. The van der Waals surface area contributed by atoms with E-state index in [2.05, 4.69) is 20.0 Å². The lowest BCUT2D eigenvalue weighted by molar-refractivity contribution is -0.137. The van der Waals surface area contributed by atoms with Crippen LogP contribution in [0.25, 0.3) is 5.57 Å². The zero-order chi connectivity index (χ0) is 26.5. The molecule has 0 fully saturated rings. The first kappa shape index (κ1) is 26.2. The van der Waals surface area contributed by atoms with E-state index < -0.39 is 28.0 Å². The van der Waals surface area contributed by atoms with Crippen molar-refractivity contribution in [3.63, 3.8) is 0 Å². The third kappa shape index (κ3) is 7.54. The molecule has 3 aromatic rings. The third-order valence-corrected chi connectivity index (χ3v) is 5.75. The van der Waals surface area contributed by atoms with Gasteiger partial charge in [-0.1, -0.05) is 24.3 Å². The second kappa shape index (κ2) is 11.0. The molecule has 2 aromatic carbocycles. The predicted octanol–water partition coefficient (Wildman–Crippen LogP) is 3.99. The molecule has 0 aliphatic carbocycles. The first-order chi connectivity index (χ1) is 17.6. The Morgan fingerprint density at radius 3 is 2.51 bits per heavy atom. The van der Waals surface area contributed by atoms with Crippen molar-refractivity contribution in [2.24, 2.45) is 0 Å². The highest BCUT2D eigenvalue weighted by Crippen LogP contribution is 2.30. The summed E-state index contributed by atoms with van der Waals surface area (Å²) >= 11 is 0. The predicted molar refractivity (Wildman–Crippen MR) is 130 cm³/mol. The Morgan fingerprint density at radius 1 is 1.03 bits per heavy atom. The van der Waals surface area contributed by atoms with Crippen molar-refractivity contribution in [3.05, 3.63) is 107 Å².